The molecule has 1 aromatic heterocycles. The molecule has 0 spiro atoms. The summed E-state index contributed by atoms with van der Waals surface area (Å²) in [7, 11) is 0. The van der Waals surface area contributed by atoms with Crippen LogP contribution in [0.2, 0.25) is 0 Å². The second-order valence-electron chi connectivity index (χ2n) is 3.57. The number of hydrogen-bond donors (Lipinski definition) is 0. The molecule has 2 nitrogen and oxygen atoms in total. The zero-order valence-corrected chi connectivity index (χ0v) is 11.1. The van der Waals surface area contributed by atoms with Crippen LogP contribution in [0.5, 0.6) is 0 Å². The molecule has 1 aromatic rings. The summed E-state index contributed by atoms with van der Waals surface area (Å²) in [5.74, 6) is 0.0337. The van der Waals surface area contributed by atoms with E-state index in [1.54, 1.807) is 6.20 Å². The third-order valence-electron chi connectivity index (χ3n) is 2.43. The lowest BCUT2D eigenvalue weighted by atomic mass is 9.95. The van der Waals surface area contributed by atoms with E-state index in [2.05, 4.69) is 40.6 Å². The Balaban J connectivity index is 2.67. The van der Waals surface area contributed by atoms with Gasteiger partial charge in [-0.15, -0.1) is 0 Å². The first-order valence-electron chi connectivity index (χ1n) is 5.28. The molecule has 0 aliphatic rings. The Bertz CT molecular complexity index is 344. The number of pyridine rings is 1. The molecule has 1 heterocycles. The first-order chi connectivity index (χ1) is 7.29. The molecule has 0 aliphatic heterocycles. The van der Waals surface area contributed by atoms with Gasteiger partial charge in [0.25, 0.3) is 0 Å². The number of hydrogen-bond acceptors (Lipinski definition) is 2. The molecule has 0 amide bonds. The molecule has 3 heteroatoms. The Labute approximate surface area is 105 Å². The van der Waals surface area contributed by atoms with E-state index in [-0.39, 0.29) is 5.92 Å². The fraction of sp³-hybridized carbons (Fsp3) is 0.500. The standard InChI is InChI=1S/C12H15IN2/c1-2-3-4-5-10(8-14)11-6-7-15-9-12(11)13/h6-7,9-10H,2-5H2,1H3. The molecule has 0 saturated heterocycles. The summed E-state index contributed by atoms with van der Waals surface area (Å²) in [6.07, 6.45) is 8.09. The Morgan fingerprint density at radius 3 is 2.93 bits per heavy atom. The smallest absolute Gasteiger partial charge is 0.0724 e. The van der Waals surface area contributed by atoms with Crippen LogP contribution in [0.4, 0.5) is 0 Å². The summed E-state index contributed by atoms with van der Waals surface area (Å²) in [6, 6.07) is 4.35. The van der Waals surface area contributed by atoms with Gasteiger partial charge < -0.3 is 0 Å². The fourth-order valence-corrected chi connectivity index (χ4v) is 2.27. The van der Waals surface area contributed by atoms with Crippen molar-refractivity contribution in [2.75, 3.05) is 0 Å². The number of nitrogens with zero attached hydrogens (tertiary/aromatic N) is 2. The lowest BCUT2D eigenvalue weighted by Gasteiger charge is -2.10. The van der Waals surface area contributed by atoms with Crippen LogP contribution in [0, 0.1) is 14.9 Å². The van der Waals surface area contributed by atoms with Gasteiger partial charge in [-0.2, -0.15) is 5.26 Å². The molecule has 1 rings (SSSR count). The molecule has 15 heavy (non-hydrogen) atoms. The minimum atomic E-state index is 0.0337. The molecular weight excluding hydrogens is 299 g/mol. The number of halogens is 1. The van der Waals surface area contributed by atoms with E-state index < -0.39 is 0 Å². The lowest BCUT2D eigenvalue weighted by molar-refractivity contribution is 0.632. The third-order valence-corrected chi connectivity index (χ3v) is 3.33. The largest absolute Gasteiger partial charge is 0.264 e. The van der Waals surface area contributed by atoms with Crippen LogP contribution in [0.25, 0.3) is 0 Å². The molecule has 1 unspecified atom stereocenters. The van der Waals surface area contributed by atoms with Crippen LogP contribution in [-0.4, -0.2) is 4.98 Å². The highest BCUT2D eigenvalue weighted by Gasteiger charge is 2.12. The van der Waals surface area contributed by atoms with Gasteiger partial charge in [0.15, 0.2) is 0 Å². The molecule has 0 saturated carbocycles. The van der Waals surface area contributed by atoms with Gasteiger partial charge in [-0.25, -0.2) is 0 Å². The van der Waals surface area contributed by atoms with Gasteiger partial charge in [0, 0.05) is 16.0 Å². The van der Waals surface area contributed by atoms with E-state index in [0.717, 1.165) is 22.0 Å². The van der Waals surface area contributed by atoms with Crippen molar-refractivity contribution in [3.8, 4) is 6.07 Å². The van der Waals surface area contributed by atoms with Crippen LogP contribution < -0.4 is 0 Å². The Morgan fingerprint density at radius 2 is 2.33 bits per heavy atom. The lowest BCUT2D eigenvalue weighted by Crippen LogP contribution is -1.99. The highest BCUT2D eigenvalue weighted by molar-refractivity contribution is 14.1. The van der Waals surface area contributed by atoms with E-state index in [1.165, 1.54) is 12.8 Å². The molecule has 0 bridgehead atoms. The number of aromatic nitrogens is 1. The van der Waals surface area contributed by atoms with Crippen LogP contribution in [-0.2, 0) is 0 Å². The van der Waals surface area contributed by atoms with E-state index in [1.807, 2.05) is 12.3 Å². The molecule has 80 valence electrons. The van der Waals surface area contributed by atoms with Gasteiger partial charge in [0.05, 0.1) is 12.0 Å². The maximum Gasteiger partial charge on any atom is 0.0724 e. The predicted octanol–water partition coefficient (Wildman–Crippen LogP) is 3.87. The number of unbranched alkanes of at least 4 members (excludes halogenated alkanes) is 2. The van der Waals surface area contributed by atoms with Gasteiger partial charge in [-0.3, -0.25) is 4.98 Å². The zero-order valence-electron chi connectivity index (χ0n) is 8.91. The number of nitriles is 1. The zero-order chi connectivity index (χ0) is 11.1. The highest BCUT2D eigenvalue weighted by atomic mass is 127. The van der Waals surface area contributed by atoms with Crippen LogP contribution in [0.1, 0.15) is 44.1 Å². The van der Waals surface area contributed by atoms with Gasteiger partial charge in [-0.1, -0.05) is 26.2 Å². The summed E-state index contributed by atoms with van der Waals surface area (Å²) < 4.78 is 1.10. The summed E-state index contributed by atoms with van der Waals surface area (Å²) in [5, 5.41) is 9.13. The molecular formula is C12H15IN2. The molecule has 0 N–H and O–H groups in total. The summed E-state index contributed by atoms with van der Waals surface area (Å²) in [6.45, 7) is 2.18. The van der Waals surface area contributed by atoms with Crippen molar-refractivity contribution in [1.29, 1.82) is 5.26 Å². The molecule has 0 aromatic carbocycles. The average molecular weight is 314 g/mol. The maximum atomic E-state index is 9.13. The third kappa shape index (κ3) is 3.78. The summed E-state index contributed by atoms with van der Waals surface area (Å²) in [4.78, 5) is 4.04. The Morgan fingerprint density at radius 1 is 1.53 bits per heavy atom. The Hall–Kier alpha value is -0.630. The topological polar surface area (TPSA) is 36.7 Å². The van der Waals surface area contributed by atoms with E-state index >= 15 is 0 Å². The van der Waals surface area contributed by atoms with Crippen LogP contribution in [0.3, 0.4) is 0 Å². The SMILES string of the molecule is CCCCCC(C#N)c1ccncc1I. The van der Waals surface area contributed by atoms with Crippen molar-refractivity contribution in [3.63, 3.8) is 0 Å². The fourth-order valence-electron chi connectivity index (χ4n) is 1.56. The second-order valence-corrected chi connectivity index (χ2v) is 4.74. The molecule has 0 fully saturated rings. The molecule has 0 aliphatic carbocycles. The second kappa shape index (κ2) is 6.78. The van der Waals surface area contributed by atoms with Crippen molar-refractivity contribution in [2.24, 2.45) is 0 Å². The quantitative estimate of drug-likeness (QED) is 0.611. The molecule has 1 atom stereocenters. The van der Waals surface area contributed by atoms with Crippen molar-refractivity contribution < 1.29 is 0 Å². The normalized spacial score (nSPS) is 12.1. The average Bonchev–Trinajstić information content (AvgIpc) is 2.26. The van der Waals surface area contributed by atoms with E-state index in [9.17, 15) is 0 Å². The number of rotatable bonds is 5. The van der Waals surface area contributed by atoms with Gasteiger partial charge in [0.1, 0.15) is 0 Å². The minimum Gasteiger partial charge on any atom is -0.264 e. The monoisotopic (exact) mass is 314 g/mol. The van der Waals surface area contributed by atoms with E-state index in [0.29, 0.717) is 0 Å². The minimum absolute atomic E-state index is 0.0337. The predicted molar refractivity (Wildman–Crippen MR) is 69.5 cm³/mol. The maximum absolute atomic E-state index is 9.13. The first kappa shape index (κ1) is 12.4. The van der Waals surface area contributed by atoms with Gasteiger partial charge >= 0.3 is 0 Å². The highest BCUT2D eigenvalue weighted by Crippen LogP contribution is 2.25. The van der Waals surface area contributed by atoms with Gasteiger partial charge in [0.2, 0.25) is 0 Å². The van der Waals surface area contributed by atoms with Crippen molar-refractivity contribution in [1.82, 2.24) is 4.98 Å². The van der Waals surface area contributed by atoms with Crippen molar-refractivity contribution in [3.05, 3.63) is 27.6 Å². The van der Waals surface area contributed by atoms with Crippen molar-refractivity contribution in [2.45, 2.75) is 38.5 Å². The molecule has 0 radical (unpaired) electrons. The summed E-state index contributed by atoms with van der Waals surface area (Å²) >= 11 is 2.25. The van der Waals surface area contributed by atoms with E-state index in [4.69, 9.17) is 5.26 Å². The van der Waals surface area contributed by atoms with Crippen LogP contribution in [0.15, 0.2) is 18.5 Å². The van der Waals surface area contributed by atoms with Gasteiger partial charge in [-0.05, 0) is 40.6 Å². The Kier molecular flexibility index (Phi) is 5.62. The van der Waals surface area contributed by atoms with Crippen molar-refractivity contribution >= 4 is 22.6 Å². The first-order valence-corrected chi connectivity index (χ1v) is 6.36. The summed E-state index contributed by atoms with van der Waals surface area (Å²) in [5.41, 5.74) is 1.13. The van der Waals surface area contributed by atoms with Crippen LogP contribution >= 0.6 is 22.6 Å².